The Balaban J connectivity index is 3.12. The van der Waals surface area contributed by atoms with Gasteiger partial charge < -0.3 is 14.6 Å². The molecule has 1 atom stereocenters. The molecule has 0 saturated heterocycles. The van der Waals surface area contributed by atoms with Gasteiger partial charge in [-0.2, -0.15) is 0 Å². The number of unbranched alkanes of at least 4 members (excludes halogenated alkanes) is 1. The Bertz CT molecular complexity index is 134. The van der Waals surface area contributed by atoms with Crippen LogP contribution in [0.1, 0.15) is 26.7 Å². The number of carbonyl (C=O) groups excluding carboxylic acids is 1. The Kier molecular flexibility index (Phi) is 7.63. The van der Waals surface area contributed by atoms with E-state index in [4.69, 9.17) is 14.6 Å². The largest absolute Gasteiger partial charge is 0.464 e. The Hall–Kier alpha value is -0.610. The van der Waals surface area contributed by atoms with Crippen LogP contribution < -0.4 is 0 Å². The molecule has 0 rings (SSSR count). The van der Waals surface area contributed by atoms with E-state index in [1.165, 1.54) is 6.92 Å². The number of hydrogen-bond donors (Lipinski definition) is 1. The lowest BCUT2D eigenvalue weighted by Crippen LogP contribution is -2.19. The van der Waals surface area contributed by atoms with E-state index in [9.17, 15) is 4.79 Å². The first-order valence-electron chi connectivity index (χ1n) is 4.61. The zero-order valence-corrected chi connectivity index (χ0v) is 8.28. The second kappa shape index (κ2) is 8.01. The molecule has 0 amide bonds. The number of aliphatic hydroxyl groups excluding tert-OH is 1. The molecule has 0 aliphatic rings. The maximum atomic E-state index is 10.7. The minimum absolute atomic E-state index is 0.358. The molecule has 0 heterocycles. The van der Waals surface area contributed by atoms with Gasteiger partial charge in [-0.05, 0) is 26.7 Å². The smallest absolute Gasteiger partial charge is 0.334 e. The van der Waals surface area contributed by atoms with E-state index in [2.05, 4.69) is 0 Å². The number of aliphatic hydroxyl groups is 1. The van der Waals surface area contributed by atoms with Gasteiger partial charge in [0.15, 0.2) is 0 Å². The molecular weight excluding hydrogens is 172 g/mol. The van der Waals surface area contributed by atoms with Crippen LogP contribution in [-0.2, 0) is 14.3 Å². The summed E-state index contributed by atoms with van der Waals surface area (Å²) in [5, 5.41) is 8.76. The topological polar surface area (TPSA) is 55.8 Å². The van der Waals surface area contributed by atoms with Gasteiger partial charge in [0, 0.05) is 13.2 Å². The predicted molar refractivity (Wildman–Crippen MR) is 48.4 cm³/mol. The molecule has 0 fully saturated rings. The van der Waals surface area contributed by atoms with Crippen molar-refractivity contribution < 1.29 is 19.4 Å². The third kappa shape index (κ3) is 7.74. The van der Waals surface area contributed by atoms with Crippen molar-refractivity contribution in [2.75, 3.05) is 19.8 Å². The van der Waals surface area contributed by atoms with Crippen molar-refractivity contribution >= 4 is 5.97 Å². The van der Waals surface area contributed by atoms with Gasteiger partial charge in [-0.15, -0.1) is 0 Å². The number of hydrogen-bond acceptors (Lipinski definition) is 4. The summed E-state index contributed by atoms with van der Waals surface area (Å²) in [5.41, 5.74) is 0. The van der Waals surface area contributed by atoms with Crippen LogP contribution in [0, 0.1) is 0 Å². The first-order valence-corrected chi connectivity index (χ1v) is 4.61. The first kappa shape index (κ1) is 12.4. The van der Waals surface area contributed by atoms with E-state index in [0.29, 0.717) is 19.8 Å². The van der Waals surface area contributed by atoms with Crippen molar-refractivity contribution in [3.8, 4) is 0 Å². The average Bonchev–Trinajstić information content (AvgIpc) is 2.10. The molecule has 0 spiro atoms. The molecule has 1 unspecified atom stereocenters. The van der Waals surface area contributed by atoms with Crippen LogP contribution in [0.3, 0.4) is 0 Å². The molecule has 0 aromatic rings. The molecule has 0 aliphatic carbocycles. The standard InChI is InChI=1S/C9H18O4/c1-3-12-6-4-5-7-13-9(11)8(2)10/h8,10H,3-7H2,1-2H3. The van der Waals surface area contributed by atoms with Crippen molar-refractivity contribution in [1.29, 1.82) is 0 Å². The minimum Gasteiger partial charge on any atom is -0.464 e. The van der Waals surface area contributed by atoms with Crippen molar-refractivity contribution in [3.05, 3.63) is 0 Å². The summed E-state index contributed by atoms with van der Waals surface area (Å²) in [6.45, 7) is 5.10. The number of carbonyl (C=O) groups is 1. The molecule has 0 radical (unpaired) electrons. The second-order valence-electron chi connectivity index (χ2n) is 2.75. The summed E-state index contributed by atoms with van der Waals surface area (Å²) in [7, 11) is 0. The number of rotatable bonds is 7. The molecule has 4 nitrogen and oxygen atoms in total. The molecule has 4 heteroatoms. The minimum atomic E-state index is -1.02. The van der Waals surface area contributed by atoms with E-state index >= 15 is 0 Å². The average molecular weight is 190 g/mol. The van der Waals surface area contributed by atoms with Crippen LogP contribution in [0.25, 0.3) is 0 Å². The predicted octanol–water partition coefficient (Wildman–Crippen LogP) is 0.727. The highest BCUT2D eigenvalue weighted by molar-refractivity contribution is 5.73. The summed E-state index contributed by atoms with van der Waals surface area (Å²) in [6.07, 6.45) is 0.631. The van der Waals surface area contributed by atoms with Crippen molar-refractivity contribution in [2.45, 2.75) is 32.8 Å². The Morgan fingerprint density at radius 2 is 2.00 bits per heavy atom. The fourth-order valence-electron chi connectivity index (χ4n) is 0.744. The van der Waals surface area contributed by atoms with Crippen molar-refractivity contribution in [3.63, 3.8) is 0 Å². The fraction of sp³-hybridized carbons (Fsp3) is 0.889. The Labute approximate surface area is 78.8 Å². The van der Waals surface area contributed by atoms with Crippen LogP contribution in [0.2, 0.25) is 0 Å². The normalized spacial score (nSPS) is 12.5. The van der Waals surface area contributed by atoms with Gasteiger partial charge >= 0.3 is 5.97 Å². The van der Waals surface area contributed by atoms with Gasteiger partial charge in [0.05, 0.1) is 6.61 Å². The van der Waals surface area contributed by atoms with Crippen LogP contribution in [0.5, 0.6) is 0 Å². The second-order valence-corrected chi connectivity index (χ2v) is 2.75. The summed E-state index contributed by atoms with van der Waals surface area (Å²) >= 11 is 0. The van der Waals surface area contributed by atoms with Crippen molar-refractivity contribution in [1.82, 2.24) is 0 Å². The van der Waals surface area contributed by atoms with Gasteiger partial charge in [0.25, 0.3) is 0 Å². The number of esters is 1. The van der Waals surface area contributed by atoms with Crippen LogP contribution in [0.15, 0.2) is 0 Å². The third-order valence-electron chi connectivity index (χ3n) is 1.47. The van der Waals surface area contributed by atoms with E-state index < -0.39 is 12.1 Å². The maximum absolute atomic E-state index is 10.7. The van der Waals surface area contributed by atoms with Gasteiger partial charge in [0.2, 0.25) is 0 Å². The summed E-state index contributed by atoms with van der Waals surface area (Å²) in [6, 6.07) is 0. The lowest BCUT2D eigenvalue weighted by atomic mass is 10.3. The molecule has 0 saturated carbocycles. The molecule has 1 N–H and O–H groups in total. The summed E-state index contributed by atoms with van der Waals surface area (Å²) in [4.78, 5) is 10.7. The highest BCUT2D eigenvalue weighted by atomic mass is 16.5. The van der Waals surface area contributed by atoms with Gasteiger partial charge in [0.1, 0.15) is 6.10 Å². The Morgan fingerprint density at radius 3 is 2.54 bits per heavy atom. The third-order valence-corrected chi connectivity index (χ3v) is 1.47. The molecule has 0 aromatic carbocycles. The van der Waals surface area contributed by atoms with Crippen LogP contribution in [-0.4, -0.2) is 37.0 Å². The monoisotopic (exact) mass is 190 g/mol. The Morgan fingerprint density at radius 1 is 1.38 bits per heavy atom. The first-order chi connectivity index (χ1) is 6.18. The highest BCUT2D eigenvalue weighted by Gasteiger charge is 2.08. The summed E-state index contributed by atoms with van der Waals surface area (Å²) < 4.78 is 9.84. The lowest BCUT2D eigenvalue weighted by Gasteiger charge is -2.06. The zero-order valence-electron chi connectivity index (χ0n) is 8.28. The SMILES string of the molecule is CCOCCCCOC(=O)C(C)O. The molecule has 0 aliphatic heterocycles. The zero-order chi connectivity index (χ0) is 10.1. The van der Waals surface area contributed by atoms with Gasteiger partial charge in [-0.3, -0.25) is 0 Å². The molecule has 13 heavy (non-hydrogen) atoms. The maximum Gasteiger partial charge on any atom is 0.334 e. The number of ether oxygens (including phenoxy) is 2. The van der Waals surface area contributed by atoms with Crippen LogP contribution in [0.4, 0.5) is 0 Å². The van der Waals surface area contributed by atoms with Gasteiger partial charge in [-0.1, -0.05) is 0 Å². The quantitative estimate of drug-likeness (QED) is 0.475. The molecule has 0 aromatic heterocycles. The van der Waals surface area contributed by atoms with Gasteiger partial charge in [-0.25, -0.2) is 4.79 Å². The molecule has 0 bridgehead atoms. The van der Waals surface area contributed by atoms with E-state index in [-0.39, 0.29) is 0 Å². The van der Waals surface area contributed by atoms with Crippen LogP contribution >= 0.6 is 0 Å². The summed E-state index contributed by atoms with van der Waals surface area (Å²) in [5.74, 6) is -0.559. The van der Waals surface area contributed by atoms with Crippen molar-refractivity contribution in [2.24, 2.45) is 0 Å². The molecule has 78 valence electrons. The van der Waals surface area contributed by atoms with E-state index in [1.807, 2.05) is 6.92 Å². The lowest BCUT2D eigenvalue weighted by molar-refractivity contribution is -0.152. The highest BCUT2D eigenvalue weighted by Crippen LogP contribution is 1.93. The molecular formula is C9H18O4. The van der Waals surface area contributed by atoms with E-state index in [1.54, 1.807) is 0 Å². The fourth-order valence-corrected chi connectivity index (χ4v) is 0.744. The van der Waals surface area contributed by atoms with E-state index in [0.717, 1.165) is 12.8 Å².